The molecule has 0 unspecified atom stereocenters. The maximum absolute atomic E-state index is 13.5. The van der Waals surface area contributed by atoms with Crippen molar-refractivity contribution < 1.29 is 19.1 Å². The highest BCUT2D eigenvalue weighted by atomic mass is 16.5. The number of methoxy groups -OCH3 is 2. The Morgan fingerprint density at radius 2 is 1.75 bits per heavy atom. The highest BCUT2D eigenvalue weighted by molar-refractivity contribution is 5.96. The van der Waals surface area contributed by atoms with Gasteiger partial charge >= 0.3 is 0 Å². The van der Waals surface area contributed by atoms with Crippen molar-refractivity contribution in [3.05, 3.63) is 83.7 Å². The second-order valence-corrected chi connectivity index (χ2v) is 8.63. The highest BCUT2D eigenvalue weighted by Crippen LogP contribution is 2.29. The van der Waals surface area contributed by atoms with Gasteiger partial charge in [0, 0.05) is 17.8 Å². The number of nitrogens with zero attached hydrogens (tertiary/aromatic N) is 3. The molecule has 0 radical (unpaired) electrons. The van der Waals surface area contributed by atoms with Crippen LogP contribution in [0, 0.1) is 0 Å². The van der Waals surface area contributed by atoms with E-state index in [2.05, 4.69) is 11.4 Å². The van der Waals surface area contributed by atoms with Crippen LogP contribution < -0.4 is 19.7 Å². The van der Waals surface area contributed by atoms with E-state index in [1.807, 2.05) is 51.9 Å². The monoisotopic (exact) mass is 484 g/mol. The van der Waals surface area contributed by atoms with Gasteiger partial charge in [-0.3, -0.25) is 9.59 Å². The smallest absolute Gasteiger partial charge is 0.251 e. The Kier molecular flexibility index (Phi) is 6.58. The zero-order valence-electron chi connectivity index (χ0n) is 20.4. The first-order chi connectivity index (χ1) is 17.6. The van der Waals surface area contributed by atoms with Crippen molar-refractivity contribution in [1.29, 1.82) is 0 Å². The molecule has 8 nitrogen and oxygen atoms in total. The lowest BCUT2D eigenvalue weighted by molar-refractivity contribution is -0.119. The second-order valence-electron chi connectivity index (χ2n) is 8.63. The lowest BCUT2D eigenvalue weighted by Crippen LogP contribution is -2.38. The zero-order chi connectivity index (χ0) is 25.1. The Morgan fingerprint density at radius 1 is 0.972 bits per heavy atom. The predicted octanol–water partition coefficient (Wildman–Crippen LogP) is 3.96. The van der Waals surface area contributed by atoms with E-state index in [0.717, 1.165) is 29.6 Å². The van der Waals surface area contributed by atoms with Gasteiger partial charge in [-0.2, -0.15) is 0 Å². The fraction of sp³-hybridized carbons (Fsp3) is 0.250. The quantitative estimate of drug-likeness (QED) is 0.429. The molecule has 5 rings (SSSR count). The van der Waals surface area contributed by atoms with Gasteiger partial charge in [0.05, 0.1) is 31.8 Å². The minimum atomic E-state index is -0.272. The van der Waals surface area contributed by atoms with Crippen molar-refractivity contribution >= 4 is 28.5 Å². The molecule has 0 saturated heterocycles. The minimum absolute atomic E-state index is 0.00206. The van der Waals surface area contributed by atoms with Gasteiger partial charge in [0.15, 0.2) is 11.5 Å². The number of hydrogen-bond donors (Lipinski definition) is 1. The molecule has 4 aromatic rings. The van der Waals surface area contributed by atoms with Crippen LogP contribution in [-0.4, -0.2) is 42.1 Å². The van der Waals surface area contributed by atoms with Crippen LogP contribution in [0.4, 0.5) is 5.69 Å². The first-order valence-corrected chi connectivity index (χ1v) is 11.9. The number of ether oxygens (including phenoxy) is 2. The molecule has 1 aliphatic rings. The Labute approximate surface area is 209 Å². The predicted molar refractivity (Wildman–Crippen MR) is 138 cm³/mol. The highest BCUT2D eigenvalue weighted by Gasteiger charge is 2.24. The summed E-state index contributed by atoms with van der Waals surface area (Å²) >= 11 is 0. The molecule has 0 fully saturated rings. The van der Waals surface area contributed by atoms with E-state index in [1.165, 1.54) is 12.7 Å². The third kappa shape index (κ3) is 4.49. The summed E-state index contributed by atoms with van der Waals surface area (Å²) in [5, 5.41) is 2.93. The number of carbonyl (C=O) groups is 2. The molecule has 0 saturated carbocycles. The summed E-state index contributed by atoms with van der Waals surface area (Å²) in [7, 11) is 3.07. The standard InChI is InChI=1S/C28H28N4O4/c1-35-24-14-13-20(16-25(24)36-2)28(34)29-17-26-30-21-10-4-6-12-23(21)32(26)18-27(33)31-15-7-9-19-8-3-5-11-22(19)31/h3-6,8,10-14,16H,7,9,15,17-18H2,1-2H3,(H,29,34). The van der Waals surface area contributed by atoms with Gasteiger partial charge in [0.2, 0.25) is 5.91 Å². The van der Waals surface area contributed by atoms with E-state index in [9.17, 15) is 9.59 Å². The molecule has 0 aliphatic carbocycles. The molecule has 1 aliphatic heterocycles. The van der Waals surface area contributed by atoms with Crippen LogP contribution in [-0.2, 0) is 24.3 Å². The first kappa shape index (κ1) is 23.4. The number of carbonyl (C=O) groups excluding carboxylic acids is 2. The number of aryl methyl sites for hydroxylation is 1. The van der Waals surface area contributed by atoms with Crippen LogP contribution in [0.15, 0.2) is 66.7 Å². The van der Waals surface area contributed by atoms with Crippen LogP contribution in [0.3, 0.4) is 0 Å². The number of imidazole rings is 1. The number of para-hydroxylation sites is 3. The van der Waals surface area contributed by atoms with E-state index in [4.69, 9.17) is 14.5 Å². The number of fused-ring (bicyclic) bond motifs is 2. The second kappa shape index (κ2) is 10.1. The first-order valence-electron chi connectivity index (χ1n) is 11.9. The summed E-state index contributed by atoms with van der Waals surface area (Å²) < 4.78 is 12.5. The van der Waals surface area contributed by atoms with E-state index in [0.29, 0.717) is 29.4 Å². The van der Waals surface area contributed by atoms with Crippen molar-refractivity contribution in [2.75, 3.05) is 25.7 Å². The summed E-state index contributed by atoms with van der Waals surface area (Å²) in [6.07, 6.45) is 1.91. The van der Waals surface area contributed by atoms with Crippen LogP contribution in [0.1, 0.15) is 28.2 Å². The van der Waals surface area contributed by atoms with Crippen LogP contribution in [0.2, 0.25) is 0 Å². The Bertz CT molecular complexity index is 1430. The molecule has 1 aromatic heterocycles. The number of benzene rings is 3. The molecule has 184 valence electrons. The summed E-state index contributed by atoms with van der Waals surface area (Å²) in [5.74, 6) is 1.37. The van der Waals surface area contributed by atoms with E-state index in [-0.39, 0.29) is 24.9 Å². The Morgan fingerprint density at radius 3 is 2.58 bits per heavy atom. The van der Waals surface area contributed by atoms with E-state index in [1.54, 1.807) is 25.3 Å². The number of hydrogen-bond acceptors (Lipinski definition) is 5. The maximum Gasteiger partial charge on any atom is 0.251 e. The van der Waals surface area contributed by atoms with Crippen molar-refractivity contribution in [3.63, 3.8) is 0 Å². The van der Waals surface area contributed by atoms with Crippen LogP contribution >= 0.6 is 0 Å². The van der Waals surface area contributed by atoms with Crippen molar-refractivity contribution in [1.82, 2.24) is 14.9 Å². The number of nitrogens with one attached hydrogen (secondary N) is 1. The molecule has 0 bridgehead atoms. The normalized spacial score (nSPS) is 12.8. The molecular formula is C28H28N4O4. The lowest BCUT2D eigenvalue weighted by Gasteiger charge is -2.29. The average Bonchev–Trinajstić information content (AvgIpc) is 3.27. The largest absolute Gasteiger partial charge is 0.493 e. The molecule has 2 amide bonds. The molecule has 1 N–H and O–H groups in total. The molecule has 3 aromatic carbocycles. The summed E-state index contributed by atoms with van der Waals surface area (Å²) in [6, 6.07) is 20.7. The van der Waals surface area contributed by atoms with Gasteiger partial charge in [0.25, 0.3) is 5.91 Å². The average molecular weight is 485 g/mol. The van der Waals surface area contributed by atoms with E-state index >= 15 is 0 Å². The Hall–Kier alpha value is -4.33. The van der Waals surface area contributed by atoms with Crippen LogP contribution in [0.25, 0.3) is 11.0 Å². The topological polar surface area (TPSA) is 85.7 Å². The molecular weight excluding hydrogens is 456 g/mol. The maximum atomic E-state index is 13.5. The number of anilines is 1. The fourth-order valence-corrected chi connectivity index (χ4v) is 4.69. The van der Waals surface area contributed by atoms with E-state index < -0.39 is 0 Å². The van der Waals surface area contributed by atoms with Crippen molar-refractivity contribution in [3.8, 4) is 11.5 Å². The summed E-state index contributed by atoms with van der Waals surface area (Å²) in [4.78, 5) is 33.0. The fourth-order valence-electron chi connectivity index (χ4n) is 4.69. The van der Waals surface area contributed by atoms with Gasteiger partial charge in [-0.15, -0.1) is 0 Å². The molecule has 8 heteroatoms. The Balaban J connectivity index is 1.38. The number of amides is 2. The van der Waals surface area contributed by atoms with Gasteiger partial charge in [-0.05, 0) is 54.8 Å². The summed E-state index contributed by atoms with van der Waals surface area (Å²) in [6.45, 7) is 0.996. The van der Waals surface area contributed by atoms with Crippen molar-refractivity contribution in [2.45, 2.75) is 25.9 Å². The van der Waals surface area contributed by atoms with Crippen molar-refractivity contribution in [2.24, 2.45) is 0 Å². The molecule has 0 atom stereocenters. The number of aromatic nitrogens is 2. The number of rotatable bonds is 7. The van der Waals surface area contributed by atoms with Crippen LogP contribution in [0.5, 0.6) is 11.5 Å². The van der Waals surface area contributed by atoms with Gasteiger partial charge < -0.3 is 24.3 Å². The molecule has 36 heavy (non-hydrogen) atoms. The third-order valence-corrected chi connectivity index (χ3v) is 6.49. The van der Waals surface area contributed by atoms with Gasteiger partial charge in [-0.25, -0.2) is 4.98 Å². The SMILES string of the molecule is COc1ccc(C(=O)NCc2nc3ccccc3n2CC(=O)N2CCCc3ccccc32)cc1OC. The molecule has 0 spiro atoms. The third-order valence-electron chi connectivity index (χ3n) is 6.49. The van der Waals surface area contributed by atoms with Gasteiger partial charge in [-0.1, -0.05) is 30.3 Å². The zero-order valence-corrected chi connectivity index (χ0v) is 20.4. The summed E-state index contributed by atoms with van der Waals surface area (Å²) in [5.41, 5.74) is 4.24. The molecule has 2 heterocycles. The van der Waals surface area contributed by atoms with Gasteiger partial charge in [0.1, 0.15) is 12.4 Å². The minimum Gasteiger partial charge on any atom is -0.493 e. The lowest BCUT2D eigenvalue weighted by atomic mass is 10.0.